The summed E-state index contributed by atoms with van der Waals surface area (Å²) in [5, 5.41) is 9.93. The lowest BCUT2D eigenvalue weighted by Gasteiger charge is -2.36. The predicted molar refractivity (Wildman–Crippen MR) is 154 cm³/mol. The van der Waals surface area contributed by atoms with E-state index in [1.165, 1.54) is 15.9 Å². The summed E-state index contributed by atoms with van der Waals surface area (Å²) in [7, 11) is -3.96. The highest BCUT2D eigenvalue weighted by Crippen LogP contribution is 2.36. The van der Waals surface area contributed by atoms with Gasteiger partial charge in [-0.25, -0.2) is 18.0 Å². The maximum atomic E-state index is 13.5. The SMILES string of the molecule is Cc1c(N2CCN(C(=O)O)CC2)ccc2c3c(c(=O)oc12)CN(C(=O)c1ccc(NS(C)(=O)=O)c(OC(F)(F)F)c1)[C@@H](C)C3. The van der Waals surface area contributed by atoms with Crippen molar-refractivity contribution in [2.75, 3.05) is 42.1 Å². The first-order valence-corrected chi connectivity index (χ1v) is 15.4. The third kappa shape index (κ3) is 6.25. The lowest BCUT2D eigenvalue weighted by atomic mass is 9.91. The van der Waals surface area contributed by atoms with Crippen LogP contribution in [0.15, 0.2) is 39.5 Å². The van der Waals surface area contributed by atoms with Crippen molar-refractivity contribution in [3.63, 3.8) is 0 Å². The summed E-state index contributed by atoms with van der Waals surface area (Å²) in [4.78, 5) is 42.7. The summed E-state index contributed by atoms with van der Waals surface area (Å²) in [6.07, 6.45) is -5.11. The minimum atomic E-state index is -5.15. The van der Waals surface area contributed by atoms with Crippen LogP contribution >= 0.6 is 0 Å². The number of rotatable bonds is 5. The molecule has 2 aliphatic rings. The van der Waals surface area contributed by atoms with Crippen molar-refractivity contribution < 1.29 is 45.4 Å². The molecule has 3 aromatic rings. The van der Waals surface area contributed by atoms with Gasteiger partial charge in [-0.05, 0) is 56.2 Å². The number of carboxylic acid groups (broad SMARTS) is 1. The lowest BCUT2D eigenvalue weighted by Crippen LogP contribution is -2.48. The van der Waals surface area contributed by atoms with Crippen molar-refractivity contribution >= 4 is 44.4 Å². The highest BCUT2D eigenvalue weighted by molar-refractivity contribution is 7.92. The third-order valence-electron chi connectivity index (χ3n) is 7.77. The van der Waals surface area contributed by atoms with Crippen molar-refractivity contribution in [3.05, 3.63) is 63.0 Å². The number of carbonyl (C=O) groups excluding carboxylic acids is 1. The number of aryl methyl sites for hydroxylation is 1. The van der Waals surface area contributed by atoms with E-state index in [4.69, 9.17) is 4.42 Å². The Kier molecular flexibility index (Phi) is 7.90. The van der Waals surface area contributed by atoms with Gasteiger partial charge < -0.3 is 29.0 Å². The van der Waals surface area contributed by atoms with Gasteiger partial charge in [-0.15, -0.1) is 13.2 Å². The average molecular weight is 639 g/mol. The molecule has 1 saturated heterocycles. The standard InChI is InChI=1S/C28H29F3N4O8S/c1-15-12-19-18-5-7-22(33-8-10-34(11-9-33)27(38)39)16(2)24(18)42-26(37)20(19)14-35(15)25(36)17-4-6-21(32-44(3,40)41)23(13-17)43-28(29,30)31/h4-7,13,15,32H,8-12,14H2,1-3H3,(H,38,39)/t15-/m0/s1. The molecule has 0 aliphatic carbocycles. The van der Waals surface area contributed by atoms with Gasteiger partial charge in [-0.2, -0.15) is 0 Å². The molecule has 0 unspecified atom stereocenters. The van der Waals surface area contributed by atoms with Crippen LogP contribution in [0.5, 0.6) is 5.75 Å². The van der Waals surface area contributed by atoms with E-state index in [1.807, 2.05) is 28.7 Å². The molecule has 0 radical (unpaired) electrons. The molecule has 12 nitrogen and oxygen atoms in total. The summed E-state index contributed by atoms with van der Waals surface area (Å²) in [5.41, 5.74) is 1.52. The van der Waals surface area contributed by atoms with Crippen molar-refractivity contribution in [2.45, 2.75) is 39.2 Å². The normalized spacial score (nSPS) is 17.4. The fourth-order valence-electron chi connectivity index (χ4n) is 5.68. The fraction of sp³-hybridized carbons (Fsp3) is 0.393. The van der Waals surface area contributed by atoms with Crippen molar-refractivity contribution in [3.8, 4) is 5.75 Å². The zero-order chi connectivity index (χ0) is 32.1. The average Bonchev–Trinajstić information content (AvgIpc) is 2.92. The van der Waals surface area contributed by atoms with E-state index in [2.05, 4.69) is 4.74 Å². The molecular formula is C28H29F3N4O8S. The van der Waals surface area contributed by atoms with Crippen LogP contribution in [-0.4, -0.2) is 80.2 Å². The number of carbonyl (C=O) groups is 2. The molecule has 16 heteroatoms. The lowest BCUT2D eigenvalue weighted by molar-refractivity contribution is -0.274. The Bertz CT molecular complexity index is 1820. The molecule has 0 saturated carbocycles. The molecule has 0 bridgehead atoms. The predicted octanol–water partition coefficient (Wildman–Crippen LogP) is 3.76. The number of hydrogen-bond acceptors (Lipinski definition) is 8. The molecular weight excluding hydrogens is 609 g/mol. The number of piperazine rings is 1. The van der Waals surface area contributed by atoms with E-state index in [-0.39, 0.29) is 24.1 Å². The van der Waals surface area contributed by atoms with Crippen LogP contribution in [0.25, 0.3) is 11.0 Å². The number of benzene rings is 2. The number of fused-ring (bicyclic) bond motifs is 3. The van der Waals surface area contributed by atoms with Gasteiger partial charge in [0.1, 0.15) is 5.58 Å². The van der Waals surface area contributed by atoms with Gasteiger partial charge in [0.15, 0.2) is 5.75 Å². The summed E-state index contributed by atoms with van der Waals surface area (Å²) in [6, 6.07) is 6.24. The molecule has 2 N–H and O–H groups in total. The molecule has 2 aliphatic heterocycles. The second-order valence-corrected chi connectivity index (χ2v) is 12.6. The van der Waals surface area contributed by atoms with E-state index in [1.54, 1.807) is 6.92 Å². The first-order valence-electron chi connectivity index (χ1n) is 13.5. The molecule has 2 amide bonds. The molecule has 1 aromatic heterocycles. The van der Waals surface area contributed by atoms with Crippen molar-refractivity contribution in [1.82, 2.24) is 9.80 Å². The van der Waals surface area contributed by atoms with Crippen LogP contribution in [0.4, 0.5) is 29.3 Å². The first-order chi connectivity index (χ1) is 20.5. The topological polar surface area (TPSA) is 150 Å². The third-order valence-corrected chi connectivity index (χ3v) is 8.36. The van der Waals surface area contributed by atoms with Gasteiger partial charge in [0.2, 0.25) is 10.0 Å². The van der Waals surface area contributed by atoms with E-state index in [0.29, 0.717) is 42.7 Å². The monoisotopic (exact) mass is 638 g/mol. The number of alkyl halides is 3. The zero-order valence-electron chi connectivity index (χ0n) is 23.9. The zero-order valence-corrected chi connectivity index (χ0v) is 24.7. The second kappa shape index (κ2) is 11.2. The van der Waals surface area contributed by atoms with Gasteiger partial charge >= 0.3 is 18.1 Å². The van der Waals surface area contributed by atoms with E-state index < -0.39 is 51.5 Å². The minimum absolute atomic E-state index is 0.162. The number of halogens is 3. The first kappa shape index (κ1) is 31.0. The Labute approximate surface area is 249 Å². The number of hydrogen-bond donors (Lipinski definition) is 2. The quantitative estimate of drug-likeness (QED) is 0.399. The van der Waals surface area contributed by atoms with E-state index in [9.17, 15) is 41.1 Å². The number of ether oxygens (including phenoxy) is 1. The molecule has 2 aromatic carbocycles. The maximum Gasteiger partial charge on any atom is 0.573 e. The van der Waals surface area contributed by atoms with Gasteiger partial charge in [-0.1, -0.05) is 0 Å². The van der Waals surface area contributed by atoms with Crippen LogP contribution in [-0.2, 0) is 23.0 Å². The van der Waals surface area contributed by atoms with Gasteiger partial charge in [0, 0.05) is 54.4 Å². The minimum Gasteiger partial charge on any atom is -0.465 e. The molecule has 1 fully saturated rings. The molecule has 1 atom stereocenters. The molecule has 44 heavy (non-hydrogen) atoms. The Morgan fingerprint density at radius 1 is 1.09 bits per heavy atom. The second-order valence-electron chi connectivity index (χ2n) is 10.8. The van der Waals surface area contributed by atoms with E-state index in [0.717, 1.165) is 29.6 Å². The summed E-state index contributed by atoms with van der Waals surface area (Å²) >= 11 is 0. The van der Waals surface area contributed by atoms with Crippen LogP contribution in [0.1, 0.15) is 34.0 Å². The summed E-state index contributed by atoms with van der Waals surface area (Å²) in [6.45, 7) is 5.03. The fourth-order valence-corrected chi connectivity index (χ4v) is 6.25. The molecule has 236 valence electrons. The van der Waals surface area contributed by atoms with Crippen molar-refractivity contribution in [2.24, 2.45) is 0 Å². The highest BCUT2D eigenvalue weighted by atomic mass is 32.2. The largest absolute Gasteiger partial charge is 0.573 e. The van der Waals surface area contributed by atoms with Crippen LogP contribution < -0.4 is 20.0 Å². The van der Waals surface area contributed by atoms with E-state index >= 15 is 0 Å². The summed E-state index contributed by atoms with van der Waals surface area (Å²) in [5.74, 6) is -1.59. The number of nitrogens with one attached hydrogen (secondary N) is 1. The van der Waals surface area contributed by atoms with Crippen LogP contribution in [0.3, 0.4) is 0 Å². The Morgan fingerprint density at radius 2 is 1.77 bits per heavy atom. The Balaban J connectivity index is 1.45. The molecule has 0 spiro atoms. The molecule has 5 rings (SSSR count). The number of nitrogens with zero attached hydrogens (tertiary/aromatic N) is 3. The Morgan fingerprint density at radius 3 is 2.39 bits per heavy atom. The molecule has 3 heterocycles. The smallest absolute Gasteiger partial charge is 0.465 e. The van der Waals surface area contributed by atoms with Crippen LogP contribution in [0.2, 0.25) is 0 Å². The number of amides is 2. The van der Waals surface area contributed by atoms with Crippen LogP contribution in [0, 0.1) is 6.92 Å². The van der Waals surface area contributed by atoms with Gasteiger partial charge in [-0.3, -0.25) is 9.52 Å². The van der Waals surface area contributed by atoms with Crippen molar-refractivity contribution in [1.29, 1.82) is 0 Å². The Hall–Kier alpha value is -4.47. The van der Waals surface area contributed by atoms with Gasteiger partial charge in [0.05, 0.1) is 24.1 Å². The maximum absolute atomic E-state index is 13.5. The number of sulfonamides is 1. The van der Waals surface area contributed by atoms with Gasteiger partial charge in [0.25, 0.3) is 5.91 Å². The number of anilines is 2. The highest BCUT2D eigenvalue weighted by Gasteiger charge is 2.35. The summed E-state index contributed by atoms with van der Waals surface area (Å²) < 4.78 is 74.2.